The maximum atomic E-state index is 10.8. The smallest absolute Gasteiger partial charge is 0.221 e. The Morgan fingerprint density at radius 2 is 2.23 bits per heavy atom. The monoisotopic (exact) mass is 177 g/mol. The Balaban J connectivity index is 2.97. The van der Waals surface area contributed by atoms with Crippen LogP contribution in [0.25, 0.3) is 0 Å². The van der Waals surface area contributed by atoms with E-state index < -0.39 is 0 Å². The van der Waals surface area contributed by atoms with Crippen LogP contribution in [-0.2, 0) is 4.79 Å². The SMILES string of the molecule is CC(=O)Nc1ccccc1/C=N/N. The summed E-state index contributed by atoms with van der Waals surface area (Å²) in [5.41, 5.74) is 1.50. The molecule has 0 aliphatic heterocycles. The summed E-state index contributed by atoms with van der Waals surface area (Å²) in [6.45, 7) is 1.45. The quantitative estimate of drug-likeness (QED) is 0.401. The third-order valence-corrected chi connectivity index (χ3v) is 1.49. The summed E-state index contributed by atoms with van der Waals surface area (Å²) in [4.78, 5) is 10.8. The maximum absolute atomic E-state index is 10.8. The zero-order valence-corrected chi connectivity index (χ0v) is 7.32. The van der Waals surface area contributed by atoms with Crippen LogP contribution in [0.3, 0.4) is 0 Å². The number of anilines is 1. The van der Waals surface area contributed by atoms with Crippen LogP contribution in [-0.4, -0.2) is 12.1 Å². The number of benzene rings is 1. The number of nitrogens with one attached hydrogen (secondary N) is 1. The number of rotatable bonds is 2. The van der Waals surface area contributed by atoms with Gasteiger partial charge in [0.25, 0.3) is 0 Å². The van der Waals surface area contributed by atoms with E-state index in [0.717, 1.165) is 5.56 Å². The molecule has 0 fully saturated rings. The second-order valence-corrected chi connectivity index (χ2v) is 2.55. The van der Waals surface area contributed by atoms with Crippen LogP contribution in [0.15, 0.2) is 29.4 Å². The van der Waals surface area contributed by atoms with Gasteiger partial charge in [0, 0.05) is 18.2 Å². The van der Waals surface area contributed by atoms with E-state index >= 15 is 0 Å². The van der Waals surface area contributed by atoms with E-state index in [-0.39, 0.29) is 5.91 Å². The van der Waals surface area contributed by atoms with Gasteiger partial charge < -0.3 is 11.2 Å². The van der Waals surface area contributed by atoms with E-state index in [4.69, 9.17) is 5.84 Å². The molecule has 1 aromatic carbocycles. The van der Waals surface area contributed by atoms with Crippen LogP contribution >= 0.6 is 0 Å². The number of hydrazone groups is 1. The van der Waals surface area contributed by atoms with Gasteiger partial charge in [0.2, 0.25) is 5.91 Å². The molecule has 3 N–H and O–H groups in total. The average molecular weight is 177 g/mol. The number of nitrogens with zero attached hydrogens (tertiary/aromatic N) is 1. The summed E-state index contributed by atoms with van der Waals surface area (Å²) in [6, 6.07) is 7.29. The molecule has 0 radical (unpaired) electrons. The van der Waals surface area contributed by atoms with Gasteiger partial charge in [-0.2, -0.15) is 5.10 Å². The molecule has 4 heteroatoms. The second kappa shape index (κ2) is 4.25. The van der Waals surface area contributed by atoms with Gasteiger partial charge in [0.05, 0.1) is 6.21 Å². The summed E-state index contributed by atoms with van der Waals surface area (Å²) < 4.78 is 0. The van der Waals surface area contributed by atoms with Crippen molar-refractivity contribution in [1.29, 1.82) is 0 Å². The van der Waals surface area contributed by atoms with Gasteiger partial charge >= 0.3 is 0 Å². The zero-order chi connectivity index (χ0) is 9.68. The Bertz CT molecular complexity index is 333. The van der Waals surface area contributed by atoms with E-state index in [2.05, 4.69) is 10.4 Å². The molecular formula is C9H11N3O. The Labute approximate surface area is 76.4 Å². The molecular weight excluding hydrogens is 166 g/mol. The average Bonchev–Trinajstić information content (AvgIpc) is 2.08. The first-order valence-electron chi connectivity index (χ1n) is 3.84. The summed E-state index contributed by atoms with van der Waals surface area (Å²) in [7, 11) is 0. The lowest BCUT2D eigenvalue weighted by Gasteiger charge is -2.04. The van der Waals surface area contributed by atoms with Gasteiger partial charge in [-0.1, -0.05) is 18.2 Å². The molecule has 68 valence electrons. The van der Waals surface area contributed by atoms with Crippen LogP contribution in [0.4, 0.5) is 5.69 Å². The molecule has 1 amide bonds. The fourth-order valence-electron chi connectivity index (χ4n) is 0.993. The molecule has 1 rings (SSSR count). The van der Waals surface area contributed by atoms with Crippen LogP contribution in [0.5, 0.6) is 0 Å². The first kappa shape index (κ1) is 9.25. The van der Waals surface area contributed by atoms with Crippen LogP contribution in [0.1, 0.15) is 12.5 Å². The van der Waals surface area contributed by atoms with E-state index in [0.29, 0.717) is 5.69 Å². The lowest BCUT2D eigenvalue weighted by Crippen LogP contribution is -2.07. The van der Waals surface area contributed by atoms with Gasteiger partial charge in [0.1, 0.15) is 0 Å². The number of para-hydroxylation sites is 1. The number of carbonyl (C=O) groups excluding carboxylic acids is 1. The summed E-state index contributed by atoms with van der Waals surface area (Å²) in [6.07, 6.45) is 1.49. The topological polar surface area (TPSA) is 67.5 Å². The van der Waals surface area contributed by atoms with Crippen molar-refractivity contribution >= 4 is 17.8 Å². The molecule has 0 unspecified atom stereocenters. The van der Waals surface area contributed by atoms with Crippen molar-refractivity contribution < 1.29 is 4.79 Å². The van der Waals surface area contributed by atoms with Crippen molar-refractivity contribution in [3.05, 3.63) is 29.8 Å². The highest BCUT2D eigenvalue weighted by Gasteiger charge is 1.99. The van der Waals surface area contributed by atoms with Gasteiger partial charge in [0.15, 0.2) is 0 Å². The Morgan fingerprint density at radius 1 is 1.54 bits per heavy atom. The largest absolute Gasteiger partial charge is 0.326 e. The first-order chi connectivity index (χ1) is 6.24. The molecule has 4 nitrogen and oxygen atoms in total. The van der Waals surface area contributed by atoms with Crippen LogP contribution in [0.2, 0.25) is 0 Å². The molecule has 0 saturated carbocycles. The number of hydrogen-bond donors (Lipinski definition) is 2. The fourth-order valence-corrected chi connectivity index (χ4v) is 0.993. The molecule has 0 aromatic heterocycles. The van der Waals surface area contributed by atoms with E-state index in [1.54, 1.807) is 6.07 Å². The second-order valence-electron chi connectivity index (χ2n) is 2.55. The lowest BCUT2D eigenvalue weighted by atomic mass is 10.2. The maximum Gasteiger partial charge on any atom is 0.221 e. The van der Waals surface area contributed by atoms with Crippen molar-refractivity contribution in [1.82, 2.24) is 0 Å². The minimum atomic E-state index is -0.113. The van der Waals surface area contributed by atoms with Crippen molar-refractivity contribution in [2.75, 3.05) is 5.32 Å². The van der Waals surface area contributed by atoms with Crippen molar-refractivity contribution in [3.8, 4) is 0 Å². The number of carbonyl (C=O) groups is 1. The molecule has 0 heterocycles. The van der Waals surface area contributed by atoms with Crippen LogP contribution in [0, 0.1) is 0 Å². The number of hydrogen-bond acceptors (Lipinski definition) is 3. The molecule has 13 heavy (non-hydrogen) atoms. The molecule has 0 bridgehead atoms. The van der Waals surface area contributed by atoms with Crippen LogP contribution < -0.4 is 11.2 Å². The highest BCUT2D eigenvalue weighted by atomic mass is 16.1. The number of nitrogens with two attached hydrogens (primary N) is 1. The zero-order valence-electron chi connectivity index (χ0n) is 7.32. The summed E-state index contributed by atoms with van der Waals surface area (Å²) in [5.74, 6) is 4.90. The fraction of sp³-hybridized carbons (Fsp3) is 0.111. The molecule has 0 atom stereocenters. The Morgan fingerprint density at radius 3 is 2.85 bits per heavy atom. The van der Waals surface area contributed by atoms with Crippen molar-refractivity contribution in [3.63, 3.8) is 0 Å². The molecule has 0 aliphatic carbocycles. The van der Waals surface area contributed by atoms with E-state index in [1.165, 1.54) is 13.1 Å². The summed E-state index contributed by atoms with van der Waals surface area (Å²) >= 11 is 0. The highest BCUT2D eigenvalue weighted by Crippen LogP contribution is 2.11. The standard InChI is InChI=1S/C9H11N3O/c1-7(13)12-9-5-3-2-4-8(9)6-11-10/h2-6H,10H2,1H3,(H,12,13)/b11-6+. The lowest BCUT2D eigenvalue weighted by molar-refractivity contribution is -0.114. The van der Waals surface area contributed by atoms with Gasteiger partial charge in [-0.25, -0.2) is 0 Å². The molecule has 1 aromatic rings. The predicted octanol–water partition coefficient (Wildman–Crippen LogP) is 0.938. The molecule has 0 spiro atoms. The van der Waals surface area contributed by atoms with Gasteiger partial charge in [-0.15, -0.1) is 0 Å². The third-order valence-electron chi connectivity index (χ3n) is 1.49. The normalized spacial score (nSPS) is 10.2. The van der Waals surface area contributed by atoms with E-state index in [9.17, 15) is 4.79 Å². The third kappa shape index (κ3) is 2.59. The predicted molar refractivity (Wildman–Crippen MR) is 52.5 cm³/mol. The minimum Gasteiger partial charge on any atom is -0.326 e. The van der Waals surface area contributed by atoms with Gasteiger partial charge in [-0.3, -0.25) is 4.79 Å². The first-order valence-corrected chi connectivity index (χ1v) is 3.84. The Kier molecular flexibility index (Phi) is 3.03. The minimum absolute atomic E-state index is 0.113. The molecule has 0 saturated heterocycles. The van der Waals surface area contributed by atoms with Crippen molar-refractivity contribution in [2.45, 2.75) is 6.92 Å². The molecule has 0 aliphatic rings. The summed E-state index contributed by atoms with van der Waals surface area (Å²) in [5, 5.41) is 6.07. The number of amides is 1. The Hall–Kier alpha value is -1.84. The van der Waals surface area contributed by atoms with Crippen molar-refractivity contribution in [2.24, 2.45) is 10.9 Å². The van der Waals surface area contributed by atoms with E-state index in [1.807, 2.05) is 18.2 Å². The highest BCUT2D eigenvalue weighted by molar-refractivity contribution is 5.96. The van der Waals surface area contributed by atoms with Gasteiger partial charge in [-0.05, 0) is 6.07 Å².